The molecule has 20 heavy (non-hydrogen) atoms. The van der Waals surface area contributed by atoms with Crippen LogP contribution in [0.3, 0.4) is 0 Å². The Morgan fingerprint density at radius 3 is 2.75 bits per heavy atom. The number of nitrogens with one attached hydrogen (secondary N) is 2. The number of carbonyl (C=O) groups is 2. The summed E-state index contributed by atoms with van der Waals surface area (Å²) in [5.74, 6) is -1.81. The van der Waals surface area contributed by atoms with E-state index in [9.17, 15) is 18.0 Å². The third-order valence-corrected chi connectivity index (χ3v) is 5.02. The molecule has 0 bridgehead atoms. The summed E-state index contributed by atoms with van der Waals surface area (Å²) in [6.45, 7) is 3.10. The van der Waals surface area contributed by atoms with E-state index in [4.69, 9.17) is 5.11 Å². The predicted octanol–water partition coefficient (Wildman–Crippen LogP) is -1.07. The van der Waals surface area contributed by atoms with Crippen molar-refractivity contribution in [3.05, 3.63) is 11.3 Å². The van der Waals surface area contributed by atoms with E-state index in [2.05, 4.69) is 15.5 Å². The Kier molecular flexibility index (Phi) is 3.52. The van der Waals surface area contributed by atoms with Crippen LogP contribution in [0.15, 0.2) is 5.03 Å². The van der Waals surface area contributed by atoms with Gasteiger partial charge in [0.2, 0.25) is 10.9 Å². The monoisotopic (exact) mass is 302 g/mol. The van der Waals surface area contributed by atoms with Crippen molar-refractivity contribution in [2.24, 2.45) is 0 Å². The van der Waals surface area contributed by atoms with E-state index in [1.54, 1.807) is 0 Å². The van der Waals surface area contributed by atoms with Gasteiger partial charge >= 0.3 is 5.97 Å². The summed E-state index contributed by atoms with van der Waals surface area (Å²) in [7, 11) is -4.15. The molecule has 1 aliphatic rings. The lowest BCUT2D eigenvalue weighted by Crippen LogP contribution is -2.55. The molecule has 0 radical (unpaired) electrons. The quantitative estimate of drug-likeness (QED) is 0.651. The van der Waals surface area contributed by atoms with Crippen LogP contribution in [0.4, 0.5) is 0 Å². The van der Waals surface area contributed by atoms with Gasteiger partial charge in [-0.15, -0.1) is 0 Å². The zero-order valence-electron chi connectivity index (χ0n) is 10.9. The lowest BCUT2D eigenvalue weighted by Gasteiger charge is -2.31. The lowest BCUT2D eigenvalue weighted by atomic mass is 10.2. The number of aromatic nitrogens is 2. The van der Waals surface area contributed by atoms with Crippen LogP contribution in [0, 0.1) is 6.92 Å². The van der Waals surface area contributed by atoms with Gasteiger partial charge in [-0.05, 0) is 13.8 Å². The van der Waals surface area contributed by atoms with Gasteiger partial charge < -0.3 is 10.4 Å². The van der Waals surface area contributed by atoms with E-state index in [0.29, 0.717) is 0 Å². The van der Waals surface area contributed by atoms with Gasteiger partial charge in [-0.25, -0.2) is 13.2 Å². The number of H-pyrrole nitrogens is 1. The Labute approximate surface area is 115 Å². The number of carboxylic acid groups (broad SMARTS) is 1. The molecule has 10 heteroatoms. The third kappa shape index (κ3) is 2.16. The zero-order chi connectivity index (χ0) is 15.1. The van der Waals surface area contributed by atoms with Gasteiger partial charge in [0.05, 0.1) is 0 Å². The topological polar surface area (TPSA) is 132 Å². The fourth-order valence-corrected chi connectivity index (χ4v) is 3.77. The molecule has 9 nitrogen and oxygen atoms in total. The molecule has 0 saturated carbocycles. The molecule has 1 aromatic heterocycles. The summed E-state index contributed by atoms with van der Waals surface area (Å²) in [5, 5.41) is 17.0. The van der Waals surface area contributed by atoms with Gasteiger partial charge in [-0.2, -0.15) is 9.40 Å². The Balaban J connectivity index is 2.51. The minimum absolute atomic E-state index is 0.0696. The number of hydrogen-bond acceptors (Lipinski definition) is 5. The second-order valence-corrected chi connectivity index (χ2v) is 6.22. The number of nitrogens with zero attached hydrogens (tertiary/aromatic N) is 2. The van der Waals surface area contributed by atoms with Gasteiger partial charge in [-0.3, -0.25) is 9.89 Å². The second kappa shape index (κ2) is 4.87. The van der Waals surface area contributed by atoms with E-state index in [-0.39, 0.29) is 18.8 Å². The highest BCUT2D eigenvalue weighted by Gasteiger charge is 2.39. The van der Waals surface area contributed by atoms with Crippen molar-refractivity contribution in [2.75, 3.05) is 13.1 Å². The van der Waals surface area contributed by atoms with Crippen LogP contribution >= 0.6 is 0 Å². The largest absolute Gasteiger partial charge is 0.478 e. The number of piperazine rings is 1. The number of sulfonamides is 1. The van der Waals surface area contributed by atoms with Gasteiger partial charge in [0.15, 0.2) is 0 Å². The summed E-state index contributed by atoms with van der Waals surface area (Å²) in [6, 6.07) is -0.910. The minimum Gasteiger partial charge on any atom is -0.478 e. The fraction of sp³-hybridized carbons (Fsp3) is 0.500. The molecule has 2 heterocycles. The van der Waals surface area contributed by atoms with Crippen molar-refractivity contribution in [1.29, 1.82) is 0 Å². The zero-order valence-corrected chi connectivity index (χ0v) is 11.7. The van der Waals surface area contributed by atoms with Crippen LogP contribution < -0.4 is 5.32 Å². The molecule has 0 aliphatic carbocycles. The number of hydrogen-bond donors (Lipinski definition) is 3. The molecule has 2 rings (SSSR count). The summed E-state index contributed by atoms with van der Waals surface area (Å²) in [6.07, 6.45) is 0. The maximum Gasteiger partial charge on any atom is 0.340 e. The average molecular weight is 302 g/mol. The standard InChI is InChI=1S/C10H14N4O5S/c1-5-7(10(16)17)9(13-12-5)20(18,19)14-4-3-11-8(15)6(14)2/h6H,3-4H2,1-2H3,(H,11,15)(H,12,13)(H,16,17). The van der Waals surface area contributed by atoms with Crippen molar-refractivity contribution in [2.45, 2.75) is 24.9 Å². The molecular weight excluding hydrogens is 288 g/mol. The first-order chi connectivity index (χ1) is 9.26. The summed E-state index contributed by atoms with van der Waals surface area (Å²) in [4.78, 5) is 22.7. The smallest absolute Gasteiger partial charge is 0.340 e. The number of aromatic carboxylic acids is 1. The highest BCUT2D eigenvalue weighted by Crippen LogP contribution is 2.23. The van der Waals surface area contributed by atoms with Crippen molar-refractivity contribution in [3.8, 4) is 0 Å². The van der Waals surface area contributed by atoms with Crippen LogP contribution in [-0.4, -0.2) is 59.0 Å². The van der Waals surface area contributed by atoms with Crippen molar-refractivity contribution < 1.29 is 23.1 Å². The average Bonchev–Trinajstić information content (AvgIpc) is 2.75. The molecular formula is C10H14N4O5S. The normalized spacial score (nSPS) is 20.7. The highest BCUT2D eigenvalue weighted by molar-refractivity contribution is 7.89. The molecule has 0 aromatic carbocycles. The number of amides is 1. The summed E-state index contributed by atoms with van der Waals surface area (Å²) in [5.41, 5.74) is -0.256. The first kappa shape index (κ1) is 14.5. The lowest BCUT2D eigenvalue weighted by molar-refractivity contribution is -0.126. The van der Waals surface area contributed by atoms with Crippen LogP contribution in [0.1, 0.15) is 23.0 Å². The molecule has 1 aromatic rings. The summed E-state index contributed by atoms with van der Waals surface area (Å²) < 4.78 is 25.9. The molecule has 1 saturated heterocycles. The molecule has 1 aliphatic heterocycles. The molecule has 3 N–H and O–H groups in total. The second-order valence-electron chi connectivity index (χ2n) is 4.42. The van der Waals surface area contributed by atoms with E-state index in [1.807, 2.05) is 0 Å². The van der Waals surface area contributed by atoms with Crippen molar-refractivity contribution in [3.63, 3.8) is 0 Å². The first-order valence-corrected chi connectivity index (χ1v) is 7.28. The SMILES string of the molecule is Cc1[nH]nc(S(=O)(=O)N2CCNC(=O)C2C)c1C(=O)O. The number of aryl methyl sites for hydroxylation is 1. The molecule has 1 fully saturated rings. The minimum atomic E-state index is -4.15. The highest BCUT2D eigenvalue weighted by atomic mass is 32.2. The predicted molar refractivity (Wildman–Crippen MR) is 66.6 cm³/mol. The molecule has 1 atom stereocenters. The Morgan fingerprint density at radius 2 is 2.15 bits per heavy atom. The number of carbonyl (C=O) groups excluding carboxylic acids is 1. The van der Waals surface area contributed by atoms with Crippen LogP contribution in [0.2, 0.25) is 0 Å². The maximum atomic E-state index is 12.5. The first-order valence-electron chi connectivity index (χ1n) is 5.84. The molecule has 1 unspecified atom stereocenters. The van der Waals surface area contributed by atoms with Gasteiger partial charge in [0.25, 0.3) is 10.0 Å². The van der Waals surface area contributed by atoms with Gasteiger partial charge in [-0.1, -0.05) is 0 Å². The van der Waals surface area contributed by atoms with Crippen LogP contribution in [-0.2, 0) is 14.8 Å². The van der Waals surface area contributed by atoms with E-state index >= 15 is 0 Å². The number of rotatable bonds is 3. The van der Waals surface area contributed by atoms with Crippen molar-refractivity contribution in [1.82, 2.24) is 19.8 Å². The Bertz CT molecular complexity index is 665. The number of aromatic amines is 1. The van der Waals surface area contributed by atoms with Crippen LogP contribution in [0.25, 0.3) is 0 Å². The van der Waals surface area contributed by atoms with E-state index in [0.717, 1.165) is 4.31 Å². The van der Waals surface area contributed by atoms with Crippen LogP contribution in [0.5, 0.6) is 0 Å². The molecule has 1 amide bonds. The number of carboxylic acids is 1. The Hall–Kier alpha value is -1.94. The van der Waals surface area contributed by atoms with Gasteiger partial charge in [0, 0.05) is 18.8 Å². The van der Waals surface area contributed by atoms with Crippen molar-refractivity contribution >= 4 is 21.9 Å². The summed E-state index contributed by atoms with van der Waals surface area (Å²) >= 11 is 0. The molecule has 0 spiro atoms. The van der Waals surface area contributed by atoms with E-state index < -0.39 is 38.5 Å². The third-order valence-electron chi connectivity index (χ3n) is 3.12. The fourth-order valence-electron chi connectivity index (χ4n) is 2.05. The maximum absolute atomic E-state index is 12.5. The van der Waals surface area contributed by atoms with Gasteiger partial charge in [0.1, 0.15) is 11.6 Å². The van der Waals surface area contributed by atoms with E-state index in [1.165, 1.54) is 13.8 Å². The Morgan fingerprint density at radius 1 is 1.50 bits per heavy atom. The molecule has 110 valence electrons.